The summed E-state index contributed by atoms with van der Waals surface area (Å²) in [7, 11) is -3.74. The summed E-state index contributed by atoms with van der Waals surface area (Å²) in [6, 6.07) is 9.68. The Morgan fingerprint density at radius 3 is 2.03 bits per heavy atom. The summed E-state index contributed by atoms with van der Waals surface area (Å²) in [4.78, 5) is 38.6. The summed E-state index contributed by atoms with van der Waals surface area (Å²) < 4.78 is 23.7. The monoisotopic (exact) mass is 451 g/mol. The van der Waals surface area contributed by atoms with Crippen LogP contribution in [0.4, 0.5) is 5.69 Å². The van der Waals surface area contributed by atoms with E-state index in [1.54, 1.807) is 29.2 Å². The molecule has 0 radical (unpaired) electrons. The number of rotatable bonds is 4. The summed E-state index contributed by atoms with van der Waals surface area (Å²) in [5.41, 5.74) is -0.117. The third-order valence-corrected chi connectivity index (χ3v) is 6.03. The fourth-order valence-corrected chi connectivity index (χ4v) is 3.99. The number of nitrogens with zero attached hydrogens (tertiary/aromatic N) is 3. The number of nitro benzene ring substituents is 1. The van der Waals surface area contributed by atoms with Crippen molar-refractivity contribution in [2.75, 3.05) is 32.4 Å². The Morgan fingerprint density at radius 2 is 1.53 bits per heavy atom. The molecule has 1 saturated heterocycles. The number of piperazine rings is 1. The second-order valence-electron chi connectivity index (χ2n) is 6.84. The second kappa shape index (κ2) is 8.41. The number of hydrogen-bond donors (Lipinski definition) is 0. The third kappa shape index (κ3) is 4.77. The van der Waals surface area contributed by atoms with Crippen LogP contribution in [0.3, 0.4) is 0 Å². The number of amides is 2. The average molecular weight is 452 g/mol. The highest BCUT2D eigenvalue weighted by molar-refractivity contribution is 7.90. The van der Waals surface area contributed by atoms with Crippen molar-refractivity contribution in [1.82, 2.24) is 9.80 Å². The van der Waals surface area contributed by atoms with Crippen molar-refractivity contribution in [2.45, 2.75) is 4.90 Å². The van der Waals surface area contributed by atoms with Gasteiger partial charge in [0.25, 0.3) is 17.5 Å². The highest BCUT2D eigenvalue weighted by atomic mass is 35.5. The highest BCUT2D eigenvalue weighted by Gasteiger charge is 2.27. The van der Waals surface area contributed by atoms with Gasteiger partial charge >= 0.3 is 0 Å². The third-order valence-electron chi connectivity index (χ3n) is 4.70. The van der Waals surface area contributed by atoms with Gasteiger partial charge in [-0.2, -0.15) is 0 Å². The predicted octanol–water partition coefficient (Wildman–Crippen LogP) is 2.25. The molecule has 2 aromatic carbocycles. The Hall–Kier alpha value is -2.98. The first-order chi connectivity index (χ1) is 14.1. The number of hydrogen-bond acceptors (Lipinski definition) is 6. The maximum atomic E-state index is 12.8. The van der Waals surface area contributed by atoms with E-state index in [-0.39, 0.29) is 42.5 Å². The lowest BCUT2D eigenvalue weighted by Gasteiger charge is -2.35. The molecule has 0 bridgehead atoms. The molecule has 2 amide bonds. The Kier molecular flexibility index (Phi) is 6.09. The Morgan fingerprint density at radius 1 is 0.967 bits per heavy atom. The lowest BCUT2D eigenvalue weighted by molar-refractivity contribution is -0.385. The zero-order valence-electron chi connectivity index (χ0n) is 15.9. The number of sulfone groups is 1. The molecule has 2 aromatic rings. The van der Waals surface area contributed by atoms with E-state index >= 15 is 0 Å². The zero-order valence-corrected chi connectivity index (χ0v) is 17.5. The number of carbonyl (C=O) groups is 2. The summed E-state index contributed by atoms with van der Waals surface area (Å²) in [6.07, 6.45) is 0.917. The van der Waals surface area contributed by atoms with Crippen molar-refractivity contribution in [3.63, 3.8) is 0 Å². The van der Waals surface area contributed by atoms with E-state index in [4.69, 9.17) is 11.6 Å². The normalized spacial score (nSPS) is 14.5. The maximum Gasteiger partial charge on any atom is 0.271 e. The second-order valence-corrected chi connectivity index (χ2v) is 9.29. The summed E-state index contributed by atoms with van der Waals surface area (Å²) >= 11 is 5.93. The van der Waals surface area contributed by atoms with E-state index in [0.717, 1.165) is 24.5 Å². The van der Waals surface area contributed by atoms with Gasteiger partial charge < -0.3 is 9.80 Å². The molecule has 1 heterocycles. The molecule has 0 atom stereocenters. The fourth-order valence-electron chi connectivity index (χ4n) is 3.13. The quantitative estimate of drug-likeness (QED) is 0.519. The molecule has 11 heteroatoms. The van der Waals surface area contributed by atoms with Gasteiger partial charge in [0.15, 0.2) is 9.84 Å². The minimum atomic E-state index is -3.74. The maximum absolute atomic E-state index is 12.8. The van der Waals surface area contributed by atoms with Crippen molar-refractivity contribution in [2.24, 2.45) is 0 Å². The molecular formula is C19H18ClN3O6S. The van der Waals surface area contributed by atoms with Crippen LogP contribution >= 0.6 is 11.6 Å². The van der Waals surface area contributed by atoms with Gasteiger partial charge in [-0.25, -0.2) is 8.42 Å². The fraction of sp³-hybridized carbons (Fsp3) is 0.263. The number of halogens is 1. The van der Waals surface area contributed by atoms with Gasteiger partial charge in [0.2, 0.25) is 0 Å². The van der Waals surface area contributed by atoms with Crippen molar-refractivity contribution < 1.29 is 22.9 Å². The van der Waals surface area contributed by atoms with E-state index in [2.05, 4.69) is 0 Å². The molecule has 30 heavy (non-hydrogen) atoms. The molecule has 9 nitrogen and oxygen atoms in total. The lowest BCUT2D eigenvalue weighted by atomic mass is 10.1. The molecule has 0 unspecified atom stereocenters. The molecule has 1 fully saturated rings. The lowest BCUT2D eigenvalue weighted by Crippen LogP contribution is -2.50. The van der Waals surface area contributed by atoms with E-state index in [9.17, 15) is 28.1 Å². The molecule has 0 aromatic heterocycles. The first-order valence-electron chi connectivity index (χ1n) is 8.90. The van der Waals surface area contributed by atoms with Crippen LogP contribution in [0.5, 0.6) is 0 Å². The first kappa shape index (κ1) is 21.7. The smallest absolute Gasteiger partial charge is 0.271 e. The average Bonchev–Trinajstić information content (AvgIpc) is 2.71. The molecule has 0 N–H and O–H groups in total. The van der Waals surface area contributed by atoms with Crippen LogP contribution in [0, 0.1) is 10.1 Å². The molecule has 3 rings (SSSR count). The van der Waals surface area contributed by atoms with Crippen LogP contribution in [0.1, 0.15) is 20.7 Å². The van der Waals surface area contributed by atoms with Crippen LogP contribution in [0.15, 0.2) is 47.4 Å². The topological polar surface area (TPSA) is 118 Å². The van der Waals surface area contributed by atoms with Gasteiger partial charge in [-0.3, -0.25) is 19.7 Å². The Labute approximate surface area is 177 Å². The molecule has 0 spiro atoms. The number of non-ortho nitro benzene ring substituents is 1. The van der Waals surface area contributed by atoms with Crippen LogP contribution < -0.4 is 0 Å². The Balaban J connectivity index is 1.76. The molecule has 0 saturated carbocycles. The van der Waals surface area contributed by atoms with Crippen molar-refractivity contribution in [1.29, 1.82) is 0 Å². The van der Waals surface area contributed by atoms with Gasteiger partial charge in [0, 0.05) is 60.7 Å². The highest BCUT2D eigenvalue weighted by Crippen LogP contribution is 2.23. The van der Waals surface area contributed by atoms with Gasteiger partial charge in [0.05, 0.1) is 9.82 Å². The van der Waals surface area contributed by atoms with Crippen LogP contribution in [-0.2, 0) is 9.84 Å². The van der Waals surface area contributed by atoms with E-state index in [0.29, 0.717) is 10.6 Å². The summed E-state index contributed by atoms with van der Waals surface area (Å²) in [5, 5.41) is 11.6. The van der Waals surface area contributed by atoms with E-state index in [1.807, 2.05) is 0 Å². The SMILES string of the molecule is CS(=O)(=O)c1cc(C(=O)N2CCN(C(=O)c3cccc(Cl)c3)CC2)cc([N+](=O)[O-])c1. The molecule has 0 aliphatic carbocycles. The van der Waals surface area contributed by atoms with Gasteiger partial charge in [0.1, 0.15) is 0 Å². The van der Waals surface area contributed by atoms with E-state index in [1.165, 1.54) is 4.90 Å². The van der Waals surface area contributed by atoms with Gasteiger partial charge in [-0.1, -0.05) is 17.7 Å². The largest absolute Gasteiger partial charge is 0.335 e. The molecule has 1 aliphatic rings. The first-order valence-corrected chi connectivity index (χ1v) is 11.2. The van der Waals surface area contributed by atoms with Crippen LogP contribution in [0.2, 0.25) is 5.02 Å². The minimum Gasteiger partial charge on any atom is -0.335 e. The van der Waals surface area contributed by atoms with Crippen molar-refractivity contribution >= 4 is 38.9 Å². The standard InChI is InChI=1S/C19H18ClN3O6S/c1-30(28,29)17-11-14(10-16(12-17)23(26)27)19(25)22-7-5-21(6-8-22)18(24)13-3-2-4-15(20)9-13/h2-4,9-12H,5-8H2,1H3. The summed E-state index contributed by atoms with van der Waals surface area (Å²) in [5.74, 6) is -0.738. The van der Waals surface area contributed by atoms with Crippen molar-refractivity contribution in [3.05, 3.63) is 68.7 Å². The minimum absolute atomic E-state index is 0.0840. The molecule has 1 aliphatic heterocycles. The van der Waals surface area contributed by atoms with Crippen LogP contribution in [-0.4, -0.2) is 67.4 Å². The predicted molar refractivity (Wildman–Crippen MR) is 109 cm³/mol. The zero-order chi connectivity index (χ0) is 22.1. The number of benzene rings is 2. The summed E-state index contributed by atoms with van der Waals surface area (Å²) in [6.45, 7) is 0.958. The van der Waals surface area contributed by atoms with Crippen molar-refractivity contribution in [3.8, 4) is 0 Å². The van der Waals surface area contributed by atoms with Gasteiger partial charge in [-0.15, -0.1) is 0 Å². The van der Waals surface area contributed by atoms with E-state index < -0.39 is 26.4 Å². The Bertz CT molecular complexity index is 1130. The molecular weight excluding hydrogens is 434 g/mol. The van der Waals surface area contributed by atoms with Crippen LogP contribution in [0.25, 0.3) is 0 Å². The number of carbonyl (C=O) groups excluding carboxylic acids is 2. The molecule has 158 valence electrons. The van der Waals surface area contributed by atoms with Gasteiger partial charge in [-0.05, 0) is 24.3 Å². The number of nitro groups is 1.